The van der Waals surface area contributed by atoms with E-state index in [4.69, 9.17) is 0 Å². The van der Waals surface area contributed by atoms with E-state index in [2.05, 4.69) is 4.98 Å². The molecular formula is C14H19N3O2S. The van der Waals surface area contributed by atoms with E-state index in [0.717, 1.165) is 35.7 Å². The number of imidazole rings is 1. The van der Waals surface area contributed by atoms with Crippen LogP contribution in [0.25, 0.3) is 4.96 Å². The Kier molecular flexibility index (Phi) is 3.76. The molecule has 1 amide bonds. The molecule has 0 aliphatic carbocycles. The van der Waals surface area contributed by atoms with Gasteiger partial charge in [-0.25, -0.2) is 4.98 Å². The lowest BCUT2D eigenvalue weighted by Crippen LogP contribution is -2.41. The van der Waals surface area contributed by atoms with E-state index in [1.165, 1.54) is 0 Å². The molecule has 0 radical (unpaired) electrons. The van der Waals surface area contributed by atoms with E-state index in [1.807, 2.05) is 27.8 Å². The number of aryl methyl sites for hydroxylation is 1. The maximum absolute atomic E-state index is 12.4. The highest BCUT2D eigenvalue weighted by Gasteiger charge is 2.23. The van der Waals surface area contributed by atoms with Gasteiger partial charge in [-0.05, 0) is 25.7 Å². The number of hydrogen-bond donors (Lipinski definition) is 1. The number of carbonyl (C=O) groups is 1. The van der Waals surface area contributed by atoms with Gasteiger partial charge in [-0.2, -0.15) is 0 Å². The SMILES string of the molecule is Cc1cn2c(CC(=O)N3CCCC(CO)C3)csc2n1. The van der Waals surface area contributed by atoms with Gasteiger partial charge in [-0.3, -0.25) is 9.20 Å². The van der Waals surface area contributed by atoms with Gasteiger partial charge >= 0.3 is 0 Å². The van der Waals surface area contributed by atoms with Crippen LogP contribution in [0.4, 0.5) is 0 Å². The molecule has 108 valence electrons. The fourth-order valence-corrected chi connectivity index (χ4v) is 3.69. The van der Waals surface area contributed by atoms with E-state index < -0.39 is 0 Å². The first-order valence-corrected chi connectivity index (χ1v) is 7.86. The van der Waals surface area contributed by atoms with Crippen LogP contribution in [0.5, 0.6) is 0 Å². The van der Waals surface area contributed by atoms with Crippen molar-refractivity contribution in [3.63, 3.8) is 0 Å². The van der Waals surface area contributed by atoms with Gasteiger partial charge in [0.2, 0.25) is 5.91 Å². The first kappa shape index (κ1) is 13.6. The average Bonchev–Trinajstić information content (AvgIpc) is 2.99. The Hall–Kier alpha value is -1.40. The number of piperidine rings is 1. The molecule has 2 aromatic heterocycles. The van der Waals surface area contributed by atoms with Crippen molar-refractivity contribution in [1.29, 1.82) is 0 Å². The van der Waals surface area contributed by atoms with Crippen LogP contribution in [0.15, 0.2) is 11.6 Å². The number of carbonyl (C=O) groups excluding carboxylic acids is 1. The molecule has 6 heteroatoms. The number of aromatic nitrogens is 2. The lowest BCUT2D eigenvalue weighted by molar-refractivity contribution is -0.132. The summed E-state index contributed by atoms with van der Waals surface area (Å²) in [7, 11) is 0. The van der Waals surface area contributed by atoms with Gasteiger partial charge in [0.05, 0.1) is 12.1 Å². The Bertz CT molecular complexity index is 619. The van der Waals surface area contributed by atoms with Crippen molar-refractivity contribution in [2.45, 2.75) is 26.2 Å². The number of nitrogens with zero attached hydrogens (tertiary/aromatic N) is 3. The summed E-state index contributed by atoms with van der Waals surface area (Å²) in [6.07, 6.45) is 4.39. The first-order valence-electron chi connectivity index (χ1n) is 6.98. The molecule has 5 nitrogen and oxygen atoms in total. The van der Waals surface area contributed by atoms with Crippen LogP contribution in [-0.2, 0) is 11.2 Å². The zero-order valence-electron chi connectivity index (χ0n) is 11.6. The minimum absolute atomic E-state index is 0.147. The third kappa shape index (κ3) is 2.58. The Morgan fingerprint density at radius 2 is 2.45 bits per heavy atom. The van der Waals surface area contributed by atoms with Gasteiger partial charge in [0.25, 0.3) is 0 Å². The number of fused-ring (bicyclic) bond motifs is 1. The second-order valence-corrected chi connectivity index (χ2v) is 6.31. The molecule has 0 aromatic carbocycles. The molecule has 0 saturated carbocycles. The lowest BCUT2D eigenvalue weighted by Gasteiger charge is -2.31. The van der Waals surface area contributed by atoms with E-state index in [-0.39, 0.29) is 18.4 Å². The van der Waals surface area contributed by atoms with Crippen molar-refractivity contribution in [2.75, 3.05) is 19.7 Å². The van der Waals surface area contributed by atoms with Crippen molar-refractivity contribution < 1.29 is 9.90 Å². The Balaban J connectivity index is 1.72. The highest BCUT2D eigenvalue weighted by Crippen LogP contribution is 2.20. The van der Waals surface area contributed by atoms with Crippen LogP contribution >= 0.6 is 11.3 Å². The topological polar surface area (TPSA) is 57.8 Å². The monoisotopic (exact) mass is 293 g/mol. The normalized spacial score (nSPS) is 19.7. The van der Waals surface area contributed by atoms with Crippen molar-refractivity contribution in [1.82, 2.24) is 14.3 Å². The van der Waals surface area contributed by atoms with Crippen LogP contribution < -0.4 is 0 Å². The first-order chi connectivity index (χ1) is 9.67. The van der Waals surface area contributed by atoms with Crippen molar-refractivity contribution >= 4 is 22.2 Å². The summed E-state index contributed by atoms with van der Waals surface area (Å²) in [4.78, 5) is 19.6. The summed E-state index contributed by atoms with van der Waals surface area (Å²) in [5, 5.41) is 11.2. The average molecular weight is 293 g/mol. The third-order valence-corrected chi connectivity index (χ3v) is 4.75. The highest BCUT2D eigenvalue weighted by molar-refractivity contribution is 7.15. The molecular weight excluding hydrogens is 274 g/mol. The van der Waals surface area contributed by atoms with E-state index >= 15 is 0 Å². The van der Waals surface area contributed by atoms with Crippen molar-refractivity contribution in [3.05, 3.63) is 23.0 Å². The summed E-state index contributed by atoms with van der Waals surface area (Å²) < 4.78 is 2.01. The molecule has 2 aromatic rings. The fraction of sp³-hybridized carbons (Fsp3) is 0.571. The second kappa shape index (κ2) is 5.54. The van der Waals surface area contributed by atoms with Crippen LogP contribution in [0.2, 0.25) is 0 Å². The van der Waals surface area contributed by atoms with Gasteiger partial charge in [0, 0.05) is 37.0 Å². The molecule has 1 saturated heterocycles. The lowest BCUT2D eigenvalue weighted by atomic mass is 9.99. The number of likely N-dealkylation sites (tertiary alicyclic amines) is 1. The second-order valence-electron chi connectivity index (χ2n) is 5.47. The summed E-state index contributed by atoms with van der Waals surface area (Å²) >= 11 is 1.57. The summed E-state index contributed by atoms with van der Waals surface area (Å²) in [5.41, 5.74) is 1.98. The Morgan fingerprint density at radius 3 is 3.25 bits per heavy atom. The quantitative estimate of drug-likeness (QED) is 0.932. The van der Waals surface area contributed by atoms with Gasteiger partial charge in [0.1, 0.15) is 0 Å². The number of aliphatic hydroxyl groups excluding tert-OH is 1. The minimum atomic E-state index is 0.147. The molecule has 1 N–H and O–H groups in total. The maximum Gasteiger partial charge on any atom is 0.228 e. The zero-order chi connectivity index (χ0) is 14.1. The Morgan fingerprint density at radius 1 is 1.60 bits per heavy atom. The summed E-state index contributed by atoms with van der Waals surface area (Å²) in [6.45, 7) is 3.63. The Labute approximate surface area is 121 Å². The summed E-state index contributed by atoms with van der Waals surface area (Å²) in [5.74, 6) is 0.389. The number of thiazole rings is 1. The smallest absolute Gasteiger partial charge is 0.228 e. The number of rotatable bonds is 3. The van der Waals surface area contributed by atoms with Crippen LogP contribution in [0, 0.1) is 12.8 Å². The molecule has 1 aliphatic rings. The molecule has 0 spiro atoms. The maximum atomic E-state index is 12.4. The molecule has 1 fully saturated rings. The molecule has 0 bridgehead atoms. The van der Waals surface area contributed by atoms with Gasteiger partial charge in [-0.15, -0.1) is 11.3 Å². The molecule has 1 atom stereocenters. The molecule has 1 unspecified atom stereocenters. The molecule has 20 heavy (non-hydrogen) atoms. The van der Waals surface area contributed by atoms with E-state index in [1.54, 1.807) is 11.3 Å². The van der Waals surface area contributed by atoms with Gasteiger partial charge < -0.3 is 10.0 Å². The molecule has 3 heterocycles. The molecule has 3 rings (SSSR count). The van der Waals surface area contributed by atoms with Gasteiger partial charge in [0.15, 0.2) is 4.96 Å². The molecule has 1 aliphatic heterocycles. The number of aliphatic hydroxyl groups is 1. The number of amides is 1. The predicted octanol–water partition coefficient (Wildman–Crippen LogP) is 1.48. The fourth-order valence-electron chi connectivity index (χ4n) is 2.78. The summed E-state index contributed by atoms with van der Waals surface area (Å²) in [6, 6.07) is 0. The van der Waals surface area contributed by atoms with Gasteiger partial charge in [-0.1, -0.05) is 0 Å². The van der Waals surface area contributed by atoms with Crippen molar-refractivity contribution in [3.8, 4) is 0 Å². The van der Waals surface area contributed by atoms with Crippen molar-refractivity contribution in [2.24, 2.45) is 5.92 Å². The van der Waals surface area contributed by atoms with Crippen LogP contribution in [0.3, 0.4) is 0 Å². The van der Waals surface area contributed by atoms with Crippen LogP contribution in [-0.4, -0.2) is 45.0 Å². The minimum Gasteiger partial charge on any atom is -0.396 e. The highest BCUT2D eigenvalue weighted by atomic mass is 32.1. The predicted molar refractivity (Wildman–Crippen MR) is 77.9 cm³/mol. The zero-order valence-corrected chi connectivity index (χ0v) is 12.4. The van der Waals surface area contributed by atoms with Crippen LogP contribution in [0.1, 0.15) is 24.2 Å². The third-order valence-electron chi connectivity index (χ3n) is 3.87. The number of hydrogen-bond acceptors (Lipinski definition) is 4. The standard InChI is InChI=1S/C14H19N3O2S/c1-10-6-17-12(9-20-14(17)15-10)5-13(19)16-4-2-3-11(7-16)8-18/h6,9,11,18H,2-5,7-8H2,1H3. The van der Waals surface area contributed by atoms with E-state index in [0.29, 0.717) is 13.0 Å². The largest absolute Gasteiger partial charge is 0.396 e. The van der Waals surface area contributed by atoms with E-state index in [9.17, 15) is 9.90 Å².